The van der Waals surface area contributed by atoms with Crippen LogP contribution in [-0.2, 0) is 14.3 Å². The molecular weight excluding hydrogens is 640 g/mol. The molecule has 2 bridgehead atoms. The third-order valence-corrected chi connectivity index (χ3v) is 8.65. The zero-order valence-corrected chi connectivity index (χ0v) is 28.6. The van der Waals surface area contributed by atoms with Gasteiger partial charge in [-0.2, -0.15) is 0 Å². The predicted molar refractivity (Wildman–Crippen MR) is 185 cm³/mol. The molecule has 10 nitrogen and oxygen atoms in total. The average Bonchev–Trinajstić information content (AvgIpc) is 3.77. The monoisotopic (exact) mass is 684 g/mol. The zero-order chi connectivity index (χ0) is 35.3. The number of carbonyl (C=O) groups excluding carboxylic acids is 4. The summed E-state index contributed by atoms with van der Waals surface area (Å²) in [5.74, 6) is -0.554. The number of hydrogen-bond donors (Lipinski definition) is 0. The van der Waals surface area contributed by atoms with Gasteiger partial charge in [0.15, 0.2) is 0 Å². The number of esters is 4. The second-order valence-electron chi connectivity index (χ2n) is 12.4. The fourth-order valence-electron chi connectivity index (χ4n) is 5.82. The van der Waals surface area contributed by atoms with Crippen LogP contribution in [0.5, 0.6) is 23.0 Å². The van der Waals surface area contributed by atoms with Crippen molar-refractivity contribution < 1.29 is 47.6 Å². The lowest BCUT2D eigenvalue weighted by atomic mass is 9.94. The van der Waals surface area contributed by atoms with Crippen LogP contribution in [0.3, 0.4) is 0 Å². The standard InChI is InChI=1S/C40H44O10/c1-3-5-20-45-31-14-10-28(11-15-31)37(41)49-33-18-19-36(50-38(42)29-12-16-32(17-13-29)46-21-6-4-2)35(26-33)40(44)48-23-7-22-47-39(43)34-25-27-8-9-30(34)24-27/h8-19,26-27,30,34H,3-7,20-25H2,1-2H3/t27-,30+,34-/m0/s1. The van der Waals surface area contributed by atoms with Crippen LogP contribution in [0.25, 0.3) is 0 Å². The van der Waals surface area contributed by atoms with Crippen molar-refractivity contribution >= 4 is 23.9 Å². The Labute approximate surface area is 292 Å². The van der Waals surface area contributed by atoms with E-state index in [0.29, 0.717) is 30.6 Å². The van der Waals surface area contributed by atoms with Crippen molar-refractivity contribution in [2.24, 2.45) is 17.8 Å². The van der Waals surface area contributed by atoms with Gasteiger partial charge in [-0.1, -0.05) is 38.8 Å². The molecule has 0 N–H and O–H groups in total. The van der Waals surface area contributed by atoms with Crippen molar-refractivity contribution in [3.8, 4) is 23.0 Å². The second-order valence-corrected chi connectivity index (χ2v) is 12.4. The van der Waals surface area contributed by atoms with Gasteiger partial charge in [-0.15, -0.1) is 0 Å². The van der Waals surface area contributed by atoms with E-state index in [-0.39, 0.29) is 65.6 Å². The highest BCUT2D eigenvalue weighted by atomic mass is 16.6. The van der Waals surface area contributed by atoms with Gasteiger partial charge >= 0.3 is 23.9 Å². The predicted octanol–water partition coefficient (Wildman–Crippen LogP) is 7.79. The number of allylic oxidation sites excluding steroid dienone is 2. The van der Waals surface area contributed by atoms with Gasteiger partial charge < -0.3 is 28.4 Å². The normalized spacial score (nSPS) is 17.2. The lowest BCUT2D eigenvalue weighted by Crippen LogP contribution is -2.22. The SMILES string of the molecule is CCCCOc1ccc(C(=O)Oc2ccc(OC(=O)c3ccc(OCCCC)cc3)c(C(=O)OCCCOC(=O)[C@H]3C[C@H]4C=C[C@@H]3C4)c2)cc1. The summed E-state index contributed by atoms with van der Waals surface area (Å²) in [5, 5.41) is 0. The molecule has 264 valence electrons. The fourth-order valence-corrected chi connectivity index (χ4v) is 5.82. The summed E-state index contributed by atoms with van der Waals surface area (Å²) in [4.78, 5) is 51.8. The van der Waals surface area contributed by atoms with Crippen LogP contribution in [-0.4, -0.2) is 50.3 Å². The highest BCUT2D eigenvalue weighted by Gasteiger charge is 2.40. The number of benzene rings is 3. The summed E-state index contributed by atoms with van der Waals surface area (Å²) < 4.78 is 33.4. The molecule has 10 heteroatoms. The Morgan fingerprint density at radius 2 is 1.18 bits per heavy atom. The first-order valence-corrected chi connectivity index (χ1v) is 17.4. The number of carbonyl (C=O) groups is 4. The molecule has 0 unspecified atom stereocenters. The van der Waals surface area contributed by atoms with Crippen LogP contribution in [0.4, 0.5) is 0 Å². The number of rotatable bonds is 18. The number of unbranched alkanes of at least 4 members (excludes halogenated alkanes) is 2. The molecule has 50 heavy (non-hydrogen) atoms. The van der Waals surface area contributed by atoms with E-state index in [2.05, 4.69) is 26.0 Å². The number of ether oxygens (including phenoxy) is 6. The molecule has 0 spiro atoms. The quantitative estimate of drug-likeness (QED) is 0.0568. The van der Waals surface area contributed by atoms with Gasteiger partial charge in [-0.25, -0.2) is 14.4 Å². The molecule has 3 aromatic rings. The summed E-state index contributed by atoms with van der Waals surface area (Å²) in [6.45, 7) is 5.35. The molecule has 0 saturated heterocycles. The third kappa shape index (κ3) is 9.96. The van der Waals surface area contributed by atoms with Crippen LogP contribution in [0.2, 0.25) is 0 Å². The maximum Gasteiger partial charge on any atom is 0.343 e. The van der Waals surface area contributed by atoms with Gasteiger partial charge in [-0.05, 0) is 104 Å². The van der Waals surface area contributed by atoms with Gasteiger partial charge in [0.05, 0.1) is 43.5 Å². The largest absolute Gasteiger partial charge is 0.494 e. The summed E-state index contributed by atoms with van der Waals surface area (Å²) in [6, 6.07) is 17.1. The Hall–Kier alpha value is -5.12. The number of hydrogen-bond acceptors (Lipinski definition) is 10. The van der Waals surface area contributed by atoms with Gasteiger partial charge in [0.1, 0.15) is 28.6 Å². The van der Waals surface area contributed by atoms with E-state index in [1.165, 1.54) is 18.2 Å². The molecule has 0 heterocycles. The van der Waals surface area contributed by atoms with Crippen molar-refractivity contribution in [2.45, 2.75) is 58.8 Å². The minimum Gasteiger partial charge on any atom is -0.494 e. The van der Waals surface area contributed by atoms with E-state index in [1.807, 2.05) is 0 Å². The molecule has 0 aromatic heterocycles. The fraction of sp³-hybridized carbons (Fsp3) is 0.400. The maximum atomic E-state index is 13.3. The topological polar surface area (TPSA) is 124 Å². The smallest absolute Gasteiger partial charge is 0.343 e. The zero-order valence-electron chi connectivity index (χ0n) is 28.6. The lowest BCUT2D eigenvalue weighted by molar-refractivity contribution is -0.149. The van der Waals surface area contributed by atoms with E-state index in [9.17, 15) is 19.2 Å². The Bertz CT molecular complexity index is 1640. The van der Waals surface area contributed by atoms with Crippen LogP contribution < -0.4 is 18.9 Å². The highest BCUT2D eigenvalue weighted by Crippen LogP contribution is 2.43. The van der Waals surface area contributed by atoms with Crippen molar-refractivity contribution in [3.05, 3.63) is 95.6 Å². The Kier molecular flexibility index (Phi) is 13.0. The summed E-state index contributed by atoms with van der Waals surface area (Å²) in [5.41, 5.74) is 0.414. The minimum atomic E-state index is -0.802. The average molecular weight is 685 g/mol. The van der Waals surface area contributed by atoms with Gasteiger partial charge in [0.2, 0.25) is 0 Å². The van der Waals surface area contributed by atoms with E-state index in [0.717, 1.165) is 38.5 Å². The van der Waals surface area contributed by atoms with Crippen LogP contribution >= 0.6 is 0 Å². The molecule has 2 aliphatic carbocycles. The second kappa shape index (κ2) is 18.0. The molecule has 3 atom stereocenters. The summed E-state index contributed by atoms with van der Waals surface area (Å²) in [7, 11) is 0. The van der Waals surface area contributed by atoms with Crippen LogP contribution in [0, 0.1) is 17.8 Å². The number of fused-ring (bicyclic) bond motifs is 2. The molecule has 1 saturated carbocycles. The first-order chi connectivity index (χ1) is 24.3. The molecule has 3 aromatic carbocycles. The molecule has 0 aliphatic heterocycles. The molecule has 1 fully saturated rings. The Morgan fingerprint density at radius 1 is 0.600 bits per heavy atom. The van der Waals surface area contributed by atoms with Crippen molar-refractivity contribution in [1.29, 1.82) is 0 Å². The van der Waals surface area contributed by atoms with Gasteiger partial charge in [0, 0.05) is 6.42 Å². The van der Waals surface area contributed by atoms with Crippen molar-refractivity contribution in [3.63, 3.8) is 0 Å². The Balaban J connectivity index is 1.22. The van der Waals surface area contributed by atoms with Crippen molar-refractivity contribution in [1.82, 2.24) is 0 Å². The van der Waals surface area contributed by atoms with Crippen LogP contribution in [0.15, 0.2) is 78.9 Å². The van der Waals surface area contributed by atoms with Crippen LogP contribution in [0.1, 0.15) is 89.9 Å². The molecule has 5 rings (SSSR count). The maximum absolute atomic E-state index is 13.3. The van der Waals surface area contributed by atoms with Crippen molar-refractivity contribution in [2.75, 3.05) is 26.4 Å². The highest BCUT2D eigenvalue weighted by molar-refractivity contribution is 5.97. The third-order valence-electron chi connectivity index (χ3n) is 8.65. The minimum absolute atomic E-state index is 0.0486. The Morgan fingerprint density at radius 3 is 1.74 bits per heavy atom. The summed E-state index contributed by atoms with van der Waals surface area (Å²) >= 11 is 0. The molecular formula is C40H44O10. The van der Waals surface area contributed by atoms with E-state index < -0.39 is 17.9 Å². The lowest BCUT2D eigenvalue weighted by Gasteiger charge is -2.16. The molecule has 2 aliphatic rings. The molecule has 0 radical (unpaired) electrons. The van der Waals surface area contributed by atoms with Gasteiger partial charge in [0.25, 0.3) is 0 Å². The summed E-state index contributed by atoms with van der Waals surface area (Å²) in [6.07, 6.45) is 10.2. The first-order valence-electron chi connectivity index (χ1n) is 17.4. The van der Waals surface area contributed by atoms with E-state index >= 15 is 0 Å². The van der Waals surface area contributed by atoms with Gasteiger partial charge in [-0.3, -0.25) is 4.79 Å². The van der Waals surface area contributed by atoms with E-state index in [1.54, 1.807) is 48.5 Å². The first kappa shape index (κ1) is 36.2. The van der Waals surface area contributed by atoms with E-state index in [4.69, 9.17) is 28.4 Å². The molecule has 0 amide bonds.